The number of hydrogen-bond acceptors (Lipinski definition) is 6. The van der Waals surface area contributed by atoms with E-state index in [2.05, 4.69) is 15.3 Å². The molecule has 0 saturated heterocycles. The Morgan fingerprint density at radius 2 is 1.58 bits per heavy atom. The van der Waals surface area contributed by atoms with E-state index < -0.39 is 0 Å². The van der Waals surface area contributed by atoms with E-state index in [0.29, 0.717) is 17.2 Å². The van der Waals surface area contributed by atoms with Gasteiger partial charge in [0.25, 0.3) is 0 Å². The van der Waals surface area contributed by atoms with Crippen LogP contribution in [0.15, 0.2) is 29.9 Å². The molecule has 0 atom stereocenters. The van der Waals surface area contributed by atoms with Gasteiger partial charge in [0.1, 0.15) is 12.7 Å². The first-order valence-electron chi connectivity index (χ1n) is 5.47. The van der Waals surface area contributed by atoms with Gasteiger partial charge < -0.3 is 14.2 Å². The van der Waals surface area contributed by atoms with Crippen molar-refractivity contribution >= 4 is 6.21 Å². The molecule has 100 valence electrons. The van der Waals surface area contributed by atoms with Crippen molar-refractivity contribution in [1.82, 2.24) is 14.9 Å². The normalized spacial score (nSPS) is 10.7. The predicted molar refractivity (Wildman–Crippen MR) is 69.1 cm³/mol. The molecule has 0 radical (unpaired) electrons. The molecule has 1 aromatic heterocycles. The standard InChI is InChI=1S/C12H14N4O3/c1-17-10-4-9(5-11(18-2)12(10)19-3)6-15-16-7-13-14-8-16/h4-8H,1-3H3. The van der Waals surface area contributed by atoms with Gasteiger partial charge in [0.15, 0.2) is 11.5 Å². The Balaban J connectivity index is 2.36. The molecule has 0 aliphatic rings. The first-order chi connectivity index (χ1) is 9.28. The molecule has 0 N–H and O–H groups in total. The van der Waals surface area contributed by atoms with Crippen molar-refractivity contribution in [2.75, 3.05) is 21.3 Å². The van der Waals surface area contributed by atoms with Gasteiger partial charge in [-0.3, -0.25) is 0 Å². The largest absolute Gasteiger partial charge is 0.493 e. The topological polar surface area (TPSA) is 70.8 Å². The fourth-order valence-corrected chi connectivity index (χ4v) is 1.56. The Hall–Kier alpha value is -2.57. The van der Waals surface area contributed by atoms with Gasteiger partial charge in [-0.15, -0.1) is 10.2 Å². The molecule has 0 spiro atoms. The average Bonchev–Trinajstić information content (AvgIpc) is 2.97. The zero-order valence-corrected chi connectivity index (χ0v) is 10.9. The summed E-state index contributed by atoms with van der Waals surface area (Å²) in [5.74, 6) is 1.70. The van der Waals surface area contributed by atoms with Gasteiger partial charge >= 0.3 is 0 Å². The molecular formula is C12H14N4O3. The van der Waals surface area contributed by atoms with E-state index >= 15 is 0 Å². The van der Waals surface area contributed by atoms with E-state index in [-0.39, 0.29) is 0 Å². The number of ether oxygens (including phenoxy) is 3. The van der Waals surface area contributed by atoms with Crippen LogP contribution in [-0.2, 0) is 0 Å². The lowest BCUT2D eigenvalue weighted by atomic mass is 10.2. The average molecular weight is 262 g/mol. The highest BCUT2D eigenvalue weighted by molar-refractivity contribution is 5.82. The predicted octanol–water partition coefficient (Wildman–Crippen LogP) is 1.19. The summed E-state index contributed by atoms with van der Waals surface area (Å²) in [5.41, 5.74) is 0.809. The second kappa shape index (κ2) is 5.85. The Bertz CT molecular complexity index is 541. The van der Waals surface area contributed by atoms with Crippen molar-refractivity contribution in [2.45, 2.75) is 0 Å². The number of hydrogen-bond donors (Lipinski definition) is 0. The van der Waals surface area contributed by atoms with Crippen molar-refractivity contribution in [1.29, 1.82) is 0 Å². The van der Waals surface area contributed by atoms with Crippen molar-refractivity contribution in [3.8, 4) is 17.2 Å². The van der Waals surface area contributed by atoms with E-state index in [1.807, 2.05) is 0 Å². The van der Waals surface area contributed by atoms with Crippen molar-refractivity contribution in [3.63, 3.8) is 0 Å². The first-order valence-corrected chi connectivity index (χ1v) is 5.47. The van der Waals surface area contributed by atoms with E-state index in [9.17, 15) is 0 Å². The molecule has 0 unspecified atom stereocenters. The van der Waals surface area contributed by atoms with Gasteiger partial charge in [-0.25, -0.2) is 4.68 Å². The van der Waals surface area contributed by atoms with E-state index in [0.717, 1.165) is 5.56 Å². The lowest BCUT2D eigenvalue weighted by Gasteiger charge is -2.12. The fourth-order valence-electron chi connectivity index (χ4n) is 1.56. The fraction of sp³-hybridized carbons (Fsp3) is 0.250. The van der Waals surface area contributed by atoms with E-state index in [4.69, 9.17) is 14.2 Å². The highest BCUT2D eigenvalue weighted by Crippen LogP contribution is 2.37. The number of aromatic nitrogens is 3. The van der Waals surface area contributed by atoms with Crippen LogP contribution in [0, 0.1) is 0 Å². The summed E-state index contributed by atoms with van der Waals surface area (Å²) >= 11 is 0. The third-order valence-corrected chi connectivity index (χ3v) is 2.43. The summed E-state index contributed by atoms with van der Waals surface area (Å²) in [7, 11) is 4.70. The number of rotatable bonds is 5. The third kappa shape index (κ3) is 2.82. The number of methoxy groups -OCH3 is 3. The molecule has 0 saturated carbocycles. The SMILES string of the molecule is COc1cc(C=Nn2cnnc2)cc(OC)c1OC. The molecule has 1 heterocycles. The summed E-state index contributed by atoms with van der Waals surface area (Å²) in [6.07, 6.45) is 4.64. The van der Waals surface area contributed by atoms with Gasteiger partial charge in [-0.05, 0) is 12.1 Å². The Morgan fingerprint density at radius 3 is 2.05 bits per heavy atom. The Morgan fingerprint density at radius 1 is 1.00 bits per heavy atom. The molecule has 7 nitrogen and oxygen atoms in total. The van der Waals surface area contributed by atoms with Gasteiger partial charge in [-0.2, -0.15) is 5.10 Å². The van der Waals surface area contributed by atoms with Crippen LogP contribution >= 0.6 is 0 Å². The second-order valence-corrected chi connectivity index (χ2v) is 3.55. The lowest BCUT2D eigenvalue weighted by molar-refractivity contribution is 0.324. The van der Waals surface area contributed by atoms with E-state index in [1.54, 1.807) is 39.7 Å². The first kappa shape index (κ1) is 12.9. The molecule has 2 aromatic rings. The minimum atomic E-state index is 0.548. The molecular weight excluding hydrogens is 248 g/mol. The molecule has 0 aliphatic carbocycles. The molecule has 0 amide bonds. The van der Waals surface area contributed by atoms with Crippen LogP contribution in [0.5, 0.6) is 17.2 Å². The number of benzene rings is 1. The van der Waals surface area contributed by atoms with Crippen LogP contribution in [0.2, 0.25) is 0 Å². The maximum atomic E-state index is 5.26. The van der Waals surface area contributed by atoms with Crippen LogP contribution in [0.25, 0.3) is 0 Å². The molecule has 0 fully saturated rings. The quantitative estimate of drug-likeness (QED) is 0.757. The maximum absolute atomic E-state index is 5.26. The van der Waals surface area contributed by atoms with Crippen LogP contribution in [-0.4, -0.2) is 42.4 Å². The van der Waals surface area contributed by atoms with Crippen LogP contribution in [0.4, 0.5) is 0 Å². The van der Waals surface area contributed by atoms with Gasteiger partial charge in [0.05, 0.1) is 27.5 Å². The zero-order valence-electron chi connectivity index (χ0n) is 10.9. The minimum absolute atomic E-state index is 0.548. The number of nitrogens with zero attached hydrogens (tertiary/aromatic N) is 4. The Labute approximate surface area is 110 Å². The summed E-state index contributed by atoms with van der Waals surface area (Å²) in [4.78, 5) is 0. The lowest BCUT2D eigenvalue weighted by Crippen LogP contribution is -1.97. The summed E-state index contributed by atoms with van der Waals surface area (Å²) in [6, 6.07) is 3.60. The smallest absolute Gasteiger partial charge is 0.203 e. The van der Waals surface area contributed by atoms with Crippen molar-refractivity contribution in [2.24, 2.45) is 5.10 Å². The molecule has 19 heavy (non-hydrogen) atoms. The Kier molecular flexibility index (Phi) is 3.97. The van der Waals surface area contributed by atoms with Crippen molar-refractivity contribution < 1.29 is 14.2 Å². The molecule has 7 heteroatoms. The van der Waals surface area contributed by atoms with Crippen LogP contribution in [0.1, 0.15) is 5.56 Å². The summed E-state index contributed by atoms with van der Waals surface area (Å²) in [6.45, 7) is 0. The highest BCUT2D eigenvalue weighted by atomic mass is 16.5. The van der Waals surface area contributed by atoms with Gasteiger partial charge in [0, 0.05) is 5.56 Å². The monoisotopic (exact) mass is 262 g/mol. The summed E-state index contributed by atoms with van der Waals surface area (Å²) < 4.78 is 17.2. The van der Waals surface area contributed by atoms with Gasteiger partial charge in [-0.1, -0.05) is 0 Å². The summed E-state index contributed by atoms with van der Waals surface area (Å²) in [5, 5.41) is 11.5. The molecule has 1 aromatic carbocycles. The van der Waals surface area contributed by atoms with Crippen LogP contribution < -0.4 is 14.2 Å². The zero-order chi connectivity index (χ0) is 13.7. The highest BCUT2D eigenvalue weighted by Gasteiger charge is 2.12. The third-order valence-electron chi connectivity index (χ3n) is 2.43. The van der Waals surface area contributed by atoms with Crippen molar-refractivity contribution in [3.05, 3.63) is 30.4 Å². The minimum Gasteiger partial charge on any atom is -0.493 e. The van der Waals surface area contributed by atoms with Crippen LogP contribution in [0.3, 0.4) is 0 Å². The van der Waals surface area contributed by atoms with Gasteiger partial charge in [0.2, 0.25) is 5.75 Å². The second-order valence-electron chi connectivity index (χ2n) is 3.55. The molecule has 0 aliphatic heterocycles. The van der Waals surface area contributed by atoms with E-state index in [1.165, 1.54) is 17.3 Å². The molecule has 2 rings (SSSR count). The maximum Gasteiger partial charge on any atom is 0.203 e. The molecule has 0 bridgehead atoms.